The van der Waals surface area contributed by atoms with Crippen LogP contribution in [0.1, 0.15) is 72.4 Å². The van der Waals surface area contributed by atoms with Gasteiger partial charge in [-0.15, -0.1) is 5.10 Å². The van der Waals surface area contributed by atoms with Crippen molar-refractivity contribution in [3.05, 3.63) is 114 Å². The highest BCUT2D eigenvalue weighted by Crippen LogP contribution is 2.34. The van der Waals surface area contributed by atoms with E-state index >= 15 is 0 Å². The molecule has 6 rings (SSSR count). The Morgan fingerprint density at radius 2 is 1.85 bits per heavy atom. The number of hydrogen-bond donors (Lipinski definition) is 4. The normalized spacial score (nSPS) is 15.7. The zero-order chi connectivity index (χ0) is 32.4. The van der Waals surface area contributed by atoms with Gasteiger partial charge in [0.05, 0.1) is 12.3 Å². The molecule has 0 spiro atoms. The van der Waals surface area contributed by atoms with Gasteiger partial charge in [0.1, 0.15) is 29.1 Å². The second-order valence-electron chi connectivity index (χ2n) is 11.2. The lowest BCUT2D eigenvalue weighted by molar-refractivity contribution is 0.0931. The van der Waals surface area contributed by atoms with Crippen molar-refractivity contribution in [3.63, 3.8) is 0 Å². The maximum absolute atomic E-state index is 13.2. The van der Waals surface area contributed by atoms with Crippen LogP contribution < -0.4 is 37.6 Å². The van der Waals surface area contributed by atoms with Gasteiger partial charge in [-0.05, 0) is 70.4 Å². The zero-order valence-electron chi connectivity index (χ0n) is 25.3. The van der Waals surface area contributed by atoms with E-state index in [1.165, 1.54) is 12.4 Å². The van der Waals surface area contributed by atoms with Gasteiger partial charge < -0.3 is 26.7 Å². The molecule has 1 aliphatic heterocycles. The van der Waals surface area contributed by atoms with E-state index in [1.54, 1.807) is 13.3 Å². The van der Waals surface area contributed by atoms with Crippen molar-refractivity contribution < 1.29 is 9.59 Å². The molecule has 0 bridgehead atoms. The van der Waals surface area contributed by atoms with Crippen LogP contribution in [0.5, 0.6) is 0 Å². The summed E-state index contributed by atoms with van der Waals surface area (Å²) >= 11 is 0. The van der Waals surface area contributed by atoms with Gasteiger partial charge in [-0.2, -0.15) is 0 Å². The molecule has 2 aliphatic rings. The molecule has 14 heteroatoms. The summed E-state index contributed by atoms with van der Waals surface area (Å²) in [5.41, 5.74) is 7.16. The number of nitrogens with one attached hydrogen (secondary N) is 3. The highest BCUT2D eigenvalue weighted by molar-refractivity contribution is 5.97. The molecule has 4 aromatic rings. The summed E-state index contributed by atoms with van der Waals surface area (Å²) in [4.78, 5) is 60.4. The molecule has 2 heterocycles. The first-order chi connectivity index (χ1) is 22.3. The zero-order valence-corrected chi connectivity index (χ0v) is 25.3. The third-order valence-corrected chi connectivity index (χ3v) is 8.66. The van der Waals surface area contributed by atoms with Gasteiger partial charge in [0.2, 0.25) is 0 Å². The molecule has 5 N–H and O–H groups in total. The summed E-state index contributed by atoms with van der Waals surface area (Å²) < 4.78 is 0. The van der Waals surface area contributed by atoms with E-state index < -0.39 is 22.7 Å². The number of carbonyl (C=O) groups is 2. The maximum Gasteiger partial charge on any atom is 0.270 e. The maximum atomic E-state index is 13.2. The molecule has 0 saturated carbocycles. The van der Waals surface area contributed by atoms with Crippen LogP contribution in [0.25, 0.3) is 0 Å². The fraction of sp³-hybridized carbons (Fsp3) is 0.281. The van der Waals surface area contributed by atoms with Crippen LogP contribution in [0.3, 0.4) is 0 Å². The highest BCUT2D eigenvalue weighted by Gasteiger charge is 2.29. The quantitative estimate of drug-likeness (QED) is 0.0711. The van der Waals surface area contributed by atoms with Crippen LogP contribution in [0.4, 0.5) is 11.4 Å². The largest absolute Gasteiger partial charge is 0.383 e. The molecule has 234 valence electrons. The average molecular weight is 621 g/mol. The first-order valence-corrected chi connectivity index (χ1v) is 14.8. The van der Waals surface area contributed by atoms with Crippen LogP contribution >= 0.6 is 0 Å². The van der Waals surface area contributed by atoms with E-state index in [4.69, 9.17) is 5.84 Å². The Morgan fingerprint density at radius 1 is 1.04 bits per heavy atom. The number of nitrogens with two attached hydrogens (primary N) is 1. The Kier molecular flexibility index (Phi) is 8.33. The topological polar surface area (TPSA) is 196 Å². The second kappa shape index (κ2) is 12.7. The lowest BCUT2D eigenvalue weighted by atomic mass is 9.96. The molecule has 0 radical (unpaired) electrons. The molecular weight excluding hydrogens is 588 g/mol. The minimum atomic E-state index is -0.488. The molecule has 2 amide bonds. The Labute approximate surface area is 263 Å². The molecular formula is C32H32N10O4. The van der Waals surface area contributed by atoms with Crippen LogP contribution in [0, 0.1) is 6.92 Å². The number of rotatable bonds is 9. The Balaban J connectivity index is 1.08. The summed E-state index contributed by atoms with van der Waals surface area (Å²) in [5.74, 6) is 4.16. The molecule has 1 aromatic heterocycles. The second-order valence-corrected chi connectivity index (χ2v) is 11.2. The van der Waals surface area contributed by atoms with Crippen LogP contribution in [-0.4, -0.2) is 41.6 Å². The highest BCUT2D eigenvalue weighted by atomic mass is 16.2. The van der Waals surface area contributed by atoms with E-state index in [1.807, 2.05) is 42.2 Å². The Morgan fingerprint density at radius 3 is 2.63 bits per heavy atom. The van der Waals surface area contributed by atoms with Gasteiger partial charge in [-0.25, -0.2) is 9.97 Å². The van der Waals surface area contributed by atoms with Gasteiger partial charge in [0.15, 0.2) is 0 Å². The lowest BCUT2D eigenvalue weighted by Crippen LogP contribution is -2.44. The molecule has 14 nitrogen and oxygen atoms in total. The van der Waals surface area contributed by atoms with E-state index in [0.717, 1.165) is 58.2 Å². The molecule has 3 aromatic carbocycles. The van der Waals surface area contributed by atoms with Gasteiger partial charge in [-0.3, -0.25) is 19.2 Å². The van der Waals surface area contributed by atoms with Crippen molar-refractivity contribution in [2.75, 3.05) is 23.8 Å². The minimum Gasteiger partial charge on any atom is -0.383 e. The van der Waals surface area contributed by atoms with Crippen molar-refractivity contribution in [2.45, 2.75) is 45.3 Å². The summed E-state index contributed by atoms with van der Waals surface area (Å²) in [6.45, 7) is 3.36. The third-order valence-electron chi connectivity index (χ3n) is 8.66. The summed E-state index contributed by atoms with van der Waals surface area (Å²) in [6.07, 6.45) is 5.04. The van der Waals surface area contributed by atoms with E-state index in [9.17, 15) is 19.2 Å². The molecule has 1 aliphatic carbocycles. The van der Waals surface area contributed by atoms with Crippen molar-refractivity contribution in [1.82, 2.24) is 20.6 Å². The van der Waals surface area contributed by atoms with Crippen LogP contribution in [0.2, 0.25) is 0 Å². The lowest BCUT2D eigenvalue weighted by Gasteiger charge is -2.32. The number of benzene rings is 2. The molecule has 46 heavy (non-hydrogen) atoms. The number of fused-ring (bicyclic) bond motifs is 2. The predicted octanol–water partition coefficient (Wildman–Crippen LogP) is 1.99. The van der Waals surface area contributed by atoms with Gasteiger partial charge >= 0.3 is 0 Å². The molecule has 0 fully saturated rings. The predicted molar refractivity (Wildman–Crippen MR) is 172 cm³/mol. The third kappa shape index (κ3) is 5.72. The van der Waals surface area contributed by atoms with Crippen molar-refractivity contribution in [3.8, 4) is 0 Å². The van der Waals surface area contributed by atoms with E-state index in [-0.39, 0.29) is 24.0 Å². The van der Waals surface area contributed by atoms with Gasteiger partial charge in [0.25, 0.3) is 22.7 Å². The van der Waals surface area contributed by atoms with Crippen molar-refractivity contribution in [2.24, 2.45) is 21.4 Å². The SMILES string of the molecule is CNc1c(N2CCc3ccc(CNC(=O)c4cc(C(=O)N[C@H]5CCc6c5ccc(/C=N/N=N\N)c6C)ncn4)cc3C2)c(=O)c1=O. The molecule has 0 saturated heterocycles. The number of anilines is 2. The summed E-state index contributed by atoms with van der Waals surface area (Å²) in [5, 5.41) is 19.1. The summed E-state index contributed by atoms with van der Waals surface area (Å²) in [6, 6.07) is 11.0. The van der Waals surface area contributed by atoms with Crippen molar-refractivity contribution in [1.29, 1.82) is 0 Å². The molecule has 1 atom stereocenters. The molecule has 0 unspecified atom stereocenters. The van der Waals surface area contributed by atoms with Crippen molar-refractivity contribution >= 4 is 29.4 Å². The first kappa shape index (κ1) is 30.2. The Bertz CT molecular complexity index is 1980. The fourth-order valence-corrected chi connectivity index (χ4v) is 6.24. The first-order valence-electron chi connectivity index (χ1n) is 14.8. The smallest absolute Gasteiger partial charge is 0.270 e. The van der Waals surface area contributed by atoms with Crippen LogP contribution in [-0.2, 0) is 25.9 Å². The van der Waals surface area contributed by atoms with Gasteiger partial charge in [-0.1, -0.05) is 35.6 Å². The summed E-state index contributed by atoms with van der Waals surface area (Å²) in [7, 11) is 1.63. The van der Waals surface area contributed by atoms with E-state index in [2.05, 4.69) is 41.5 Å². The standard InChI is InChI=1S/C32H32N10O4/c1-17-20(14-38-41-40-33)5-6-23-22(17)7-8-24(23)39-32(46)26-12-25(36-16-37-26)31(45)35-13-18-3-4-19-9-10-42(15-21(19)11-18)28-27(34-2)29(43)30(28)44/h3-6,11-12,14,16,24,34H,7-10,13,15H2,1-2H3,(H2,33,41)(H,35,45)(H,39,46)/b38-14+/t24-/m0/s1. The number of aromatic nitrogens is 2. The number of carbonyl (C=O) groups excluding carboxylic acids is 2. The van der Waals surface area contributed by atoms with E-state index in [0.29, 0.717) is 24.5 Å². The number of hydrogen-bond acceptors (Lipinski definition) is 10. The number of nitrogens with zero attached hydrogens (tertiary/aromatic N) is 6. The monoisotopic (exact) mass is 620 g/mol. The minimum absolute atomic E-state index is 0.0743. The fourth-order valence-electron chi connectivity index (χ4n) is 6.24. The Hall–Kier alpha value is -5.79. The van der Waals surface area contributed by atoms with Gasteiger partial charge in [0, 0.05) is 32.7 Å². The van der Waals surface area contributed by atoms with Crippen LogP contribution in [0.15, 0.2) is 67.9 Å². The average Bonchev–Trinajstić information content (AvgIpc) is 3.49. The number of amides is 2.